The fourth-order valence-electron chi connectivity index (χ4n) is 1.51. The van der Waals surface area contributed by atoms with Crippen LogP contribution in [0.4, 0.5) is 0 Å². The molecule has 0 bridgehead atoms. The molecule has 0 aromatic heterocycles. The van der Waals surface area contributed by atoms with Gasteiger partial charge in [0.25, 0.3) is 0 Å². The number of benzene rings is 1. The highest BCUT2D eigenvalue weighted by Gasteiger charge is 2.18. The van der Waals surface area contributed by atoms with Crippen molar-refractivity contribution in [3.8, 4) is 5.75 Å². The molecule has 0 radical (unpaired) electrons. The highest BCUT2D eigenvalue weighted by Crippen LogP contribution is 2.18. The Balaban J connectivity index is 2.54. The van der Waals surface area contributed by atoms with Gasteiger partial charge in [-0.05, 0) is 38.0 Å². The van der Waals surface area contributed by atoms with E-state index in [-0.39, 0.29) is 6.04 Å². The van der Waals surface area contributed by atoms with Gasteiger partial charge in [0.1, 0.15) is 5.75 Å². The molecular weight excluding hydrogens is 214 g/mol. The molecule has 1 aromatic carbocycles. The maximum absolute atomic E-state index is 9.92. The van der Waals surface area contributed by atoms with Crippen LogP contribution in [0.3, 0.4) is 0 Å². The summed E-state index contributed by atoms with van der Waals surface area (Å²) in [4.78, 5) is 0. The Morgan fingerprint density at radius 1 is 1.35 bits per heavy atom. The lowest BCUT2D eigenvalue weighted by molar-refractivity contribution is 0.0533. The third-order valence-corrected chi connectivity index (χ3v) is 3.17. The van der Waals surface area contributed by atoms with Gasteiger partial charge in [-0.2, -0.15) is 0 Å². The molecule has 0 fully saturated rings. The molecule has 0 aliphatic carbocycles. The lowest BCUT2D eigenvalue weighted by Crippen LogP contribution is -2.38. The normalized spacial score (nSPS) is 16.3. The highest BCUT2D eigenvalue weighted by molar-refractivity contribution is 5.28. The summed E-state index contributed by atoms with van der Waals surface area (Å²) in [5.74, 6) is 0.863. The molecule has 2 N–H and O–H groups in total. The zero-order valence-electron chi connectivity index (χ0n) is 11.2. The van der Waals surface area contributed by atoms with Crippen molar-refractivity contribution in [1.29, 1.82) is 0 Å². The average Bonchev–Trinajstić information content (AvgIpc) is 2.36. The Labute approximate surface area is 104 Å². The summed E-state index contributed by atoms with van der Waals surface area (Å²) in [6.45, 7) is 6.52. The van der Waals surface area contributed by atoms with E-state index in [1.165, 1.54) is 5.56 Å². The van der Waals surface area contributed by atoms with Crippen molar-refractivity contribution >= 4 is 0 Å². The van der Waals surface area contributed by atoms with Crippen molar-refractivity contribution in [2.24, 2.45) is 0 Å². The fourth-order valence-corrected chi connectivity index (χ4v) is 1.51. The number of rotatable bonds is 6. The molecule has 0 saturated heterocycles. The largest absolute Gasteiger partial charge is 0.497 e. The summed E-state index contributed by atoms with van der Waals surface area (Å²) in [7, 11) is 1.66. The molecule has 0 amide bonds. The molecule has 1 unspecified atom stereocenters. The maximum Gasteiger partial charge on any atom is 0.118 e. The quantitative estimate of drug-likeness (QED) is 0.798. The lowest BCUT2D eigenvalue weighted by atomic mass is 10.0. The van der Waals surface area contributed by atoms with E-state index in [0.29, 0.717) is 6.54 Å². The molecule has 17 heavy (non-hydrogen) atoms. The first-order valence-corrected chi connectivity index (χ1v) is 6.08. The van der Waals surface area contributed by atoms with E-state index in [4.69, 9.17) is 4.74 Å². The van der Waals surface area contributed by atoms with E-state index in [9.17, 15) is 5.11 Å². The first-order valence-electron chi connectivity index (χ1n) is 6.08. The van der Waals surface area contributed by atoms with E-state index in [0.717, 1.165) is 12.2 Å². The Hall–Kier alpha value is -1.06. The van der Waals surface area contributed by atoms with Gasteiger partial charge in [0.2, 0.25) is 0 Å². The van der Waals surface area contributed by atoms with Gasteiger partial charge in [0, 0.05) is 12.6 Å². The molecule has 1 rings (SSSR count). The number of methoxy groups -OCH3 is 1. The van der Waals surface area contributed by atoms with Crippen molar-refractivity contribution < 1.29 is 9.84 Å². The van der Waals surface area contributed by atoms with Crippen LogP contribution in [0.1, 0.15) is 38.8 Å². The van der Waals surface area contributed by atoms with Crippen LogP contribution in [-0.4, -0.2) is 24.4 Å². The zero-order valence-corrected chi connectivity index (χ0v) is 11.2. The van der Waals surface area contributed by atoms with Crippen LogP contribution in [0.5, 0.6) is 5.75 Å². The Morgan fingerprint density at radius 3 is 2.41 bits per heavy atom. The second-order valence-corrected chi connectivity index (χ2v) is 4.73. The van der Waals surface area contributed by atoms with Crippen molar-refractivity contribution in [2.45, 2.75) is 38.8 Å². The monoisotopic (exact) mass is 237 g/mol. The van der Waals surface area contributed by atoms with Crippen LogP contribution >= 0.6 is 0 Å². The number of nitrogens with one attached hydrogen (secondary N) is 1. The predicted octanol–water partition coefficient (Wildman–Crippen LogP) is 2.51. The van der Waals surface area contributed by atoms with E-state index < -0.39 is 5.60 Å². The zero-order chi connectivity index (χ0) is 12.9. The van der Waals surface area contributed by atoms with Gasteiger partial charge >= 0.3 is 0 Å². The first-order chi connectivity index (χ1) is 7.98. The minimum absolute atomic E-state index is 0.221. The van der Waals surface area contributed by atoms with Crippen molar-refractivity contribution in [1.82, 2.24) is 5.32 Å². The number of ether oxygens (including phenoxy) is 1. The summed E-state index contributed by atoms with van der Waals surface area (Å²) in [6, 6.07) is 8.20. The SMILES string of the molecule is CCC(C)(O)CN[C@@H](C)c1ccc(OC)cc1. The van der Waals surface area contributed by atoms with Crippen molar-refractivity contribution in [3.63, 3.8) is 0 Å². The number of hydrogen-bond acceptors (Lipinski definition) is 3. The van der Waals surface area contributed by atoms with Crippen LogP contribution < -0.4 is 10.1 Å². The molecule has 0 saturated carbocycles. The predicted molar refractivity (Wildman–Crippen MR) is 70.3 cm³/mol. The minimum Gasteiger partial charge on any atom is -0.497 e. The first kappa shape index (κ1) is 14.0. The van der Waals surface area contributed by atoms with Crippen LogP contribution in [0.2, 0.25) is 0 Å². The van der Waals surface area contributed by atoms with Crippen molar-refractivity contribution in [3.05, 3.63) is 29.8 Å². The molecule has 3 heteroatoms. The standard InChI is InChI=1S/C14H23NO2/c1-5-14(3,16)10-15-11(2)12-6-8-13(17-4)9-7-12/h6-9,11,15-16H,5,10H2,1-4H3/t11-,14?/m0/s1. The molecule has 0 heterocycles. The third-order valence-electron chi connectivity index (χ3n) is 3.17. The van der Waals surface area contributed by atoms with Gasteiger partial charge in [0.05, 0.1) is 12.7 Å². The van der Waals surface area contributed by atoms with E-state index >= 15 is 0 Å². The van der Waals surface area contributed by atoms with Gasteiger partial charge < -0.3 is 15.2 Å². The van der Waals surface area contributed by atoms with Crippen molar-refractivity contribution in [2.75, 3.05) is 13.7 Å². The van der Waals surface area contributed by atoms with Gasteiger partial charge in [-0.15, -0.1) is 0 Å². The molecular formula is C14H23NO2. The van der Waals surface area contributed by atoms with Crippen LogP contribution in [0.15, 0.2) is 24.3 Å². The molecule has 1 aromatic rings. The Morgan fingerprint density at radius 2 is 1.94 bits per heavy atom. The molecule has 0 aliphatic heterocycles. The second-order valence-electron chi connectivity index (χ2n) is 4.73. The molecule has 96 valence electrons. The third kappa shape index (κ3) is 4.36. The summed E-state index contributed by atoms with van der Waals surface area (Å²) in [6.07, 6.45) is 0.745. The number of aliphatic hydroxyl groups is 1. The Kier molecular flexibility index (Phi) is 4.97. The second kappa shape index (κ2) is 6.03. The Bertz CT molecular complexity index is 333. The summed E-state index contributed by atoms with van der Waals surface area (Å²) in [5.41, 5.74) is 0.554. The minimum atomic E-state index is -0.638. The van der Waals surface area contributed by atoms with Crippen LogP contribution in [0.25, 0.3) is 0 Å². The topological polar surface area (TPSA) is 41.5 Å². The number of hydrogen-bond donors (Lipinski definition) is 2. The van der Waals surface area contributed by atoms with E-state index in [1.807, 2.05) is 38.1 Å². The lowest BCUT2D eigenvalue weighted by Gasteiger charge is -2.24. The molecule has 0 spiro atoms. The van der Waals surface area contributed by atoms with E-state index in [1.54, 1.807) is 7.11 Å². The summed E-state index contributed by atoms with van der Waals surface area (Å²) in [5, 5.41) is 13.3. The van der Waals surface area contributed by atoms with Gasteiger partial charge in [-0.1, -0.05) is 19.1 Å². The van der Waals surface area contributed by atoms with Gasteiger partial charge in [-0.25, -0.2) is 0 Å². The van der Waals surface area contributed by atoms with Gasteiger partial charge in [-0.3, -0.25) is 0 Å². The van der Waals surface area contributed by atoms with Crippen LogP contribution in [0, 0.1) is 0 Å². The smallest absolute Gasteiger partial charge is 0.118 e. The molecule has 3 nitrogen and oxygen atoms in total. The van der Waals surface area contributed by atoms with E-state index in [2.05, 4.69) is 12.2 Å². The fraction of sp³-hybridized carbons (Fsp3) is 0.571. The van der Waals surface area contributed by atoms with Gasteiger partial charge in [0.15, 0.2) is 0 Å². The summed E-state index contributed by atoms with van der Waals surface area (Å²) < 4.78 is 5.12. The molecule has 0 aliphatic rings. The maximum atomic E-state index is 9.92. The molecule has 2 atom stereocenters. The van der Waals surface area contributed by atoms with Crippen LogP contribution in [-0.2, 0) is 0 Å². The average molecular weight is 237 g/mol. The highest BCUT2D eigenvalue weighted by atomic mass is 16.5. The summed E-state index contributed by atoms with van der Waals surface area (Å²) >= 11 is 0.